The minimum absolute atomic E-state index is 0.288. The fraction of sp³-hybridized carbons (Fsp3) is 0.600. The summed E-state index contributed by atoms with van der Waals surface area (Å²) in [6.45, 7) is 4.08. The van der Waals surface area contributed by atoms with E-state index in [0.29, 0.717) is 0 Å². The van der Waals surface area contributed by atoms with Gasteiger partial charge in [-0.05, 0) is 37.4 Å². The first kappa shape index (κ1) is 10.7. The Bertz CT molecular complexity index is 211. The Morgan fingerprint density at radius 1 is 1.54 bits per heavy atom. The van der Waals surface area contributed by atoms with Crippen molar-refractivity contribution in [1.29, 1.82) is 0 Å². The Morgan fingerprint density at radius 2 is 2.38 bits per heavy atom. The third-order valence-corrected chi connectivity index (χ3v) is 2.87. The molecular weight excluding hydrogens is 182 g/mol. The molecule has 0 spiro atoms. The number of hydrogen-bond acceptors (Lipinski definition) is 3. The average molecular weight is 199 g/mol. The first-order chi connectivity index (χ1) is 6.34. The highest BCUT2D eigenvalue weighted by Gasteiger charge is 2.06. The predicted octanol–water partition coefficient (Wildman–Crippen LogP) is 2.17. The van der Waals surface area contributed by atoms with Gasteiger partial charge in [0, 0.05) is 4.88 Å². The standard InChI is InChI=1S/C10H17NOS/c1-2-6-11-7-5-9(12)10-4-3-8-13-10/h3-4,8-9,11-12H,2,5-7H2,1H3/t9-/m0/s1. The summed E-state index contributed by atoms with van der Waals surface area (Å²) in [5.41, 5.74) is 0. The highest BCUT2D eigenvalue weighted by Crippen LogP contribution is 2.20. The lowest BCUT2D eigenvalue weighted by Gasteiger charge is -2.08. The van der Waals surface area contributed by atoms with Gasteiger partial charge in [0.2, 0.25) is 0 Å². The molecule has 0 saturated heterocycles. The molecule has 1 aromatic rings. The number of aliphatic hydroxyl groups excluding tert-OH is 1. The van der Waals surface area contributed by atoms with E-state index in [1.807, 2.05) is 17.5 Å². The summed E-state index contributed by atoms with van der Waals surface area (Å²) in [5.74, 6) is 0. The normalized spacial score (nSPS) is 13.1. The predicted molar refractivity (Wildman–Crippen MR) is 57.1 cm³/mol. The van der Waals surface area contributed by atoms with Gasteiger partial charge in [-0.25, -0.2) is 0 Å². The Kier molecular flexibility index (Phi) is 5.05. The average Bonchev–Trinajstić information content (AvgIpc) is 2.65. The first-order valence-corrected chi connectivity index (χ1v) is 5.64. The topological polar surface area (TPSA) is 32.3 Å². The molecule has 0 radical (unpaired) electrons. The highest BCUT2D eigenvalue weighted by atomic mass is 32.1. The molecule has 0 unspecified atom stereocenters. The zero-order valence-corrected chi connectivity index (χ0v) is 8.81. The van der Waals surface area contributed by atoms with Gasteiger partial charge in [-0.2, -0.15) is 0 Å². The Labute approximate surface area is 83.6 Å². The van der Waals surface area contributed by atoms with Gasteiger partial charge >= 0.3 is 0 Å². The van der Waals surface area contributed by atoms with Crippen molar-refractivity contribution in [3.63, 3.8) is 0 Å². The van der Waals surface area contributed by atoms with Crippen LogP contribution in [0.3, 0.4) is 0 Å². The van der Waals surface area contributed by atoms with E-state index in [4.69, 9.17) is 0 Å². The van der Waals surface area contributed by atoms with Crippen molar-refractivity contribution in [2.24, 2.45) is 0 Å². The van der Waals surface area contributed by atoms with Gasteiger partial charge in [0.15, 0.2) is 0 Å². The third-order valence-electron chi connectivity index (χ3n) is 1.89. The van der Waals surface area contributed by atoms with Crippen LogP contribution in [0.2, 0.25) is 0 Å². The quantitative estimate of drug-likeness (QED) is 0.688. The number of nitrogens with one attached hydrogen (secondary N) is 1. The zero-order valence-electron chi connectivity index (χ0n) is 7.99. The van der Waals surface area contributed by atoms with Crippen LogP contribution in [0.1, 0.15) is 30.7 Å². The second kappa shape index (κ2) is 6.13. The van der Waals surface area contributed by atoms with E-state index in [2.05, 4.69) is 12.2 Å². The molecule has 13 heavy (non-hydrogen) atoms. The van der Waals surface area contributed by atoms with Crippen molar-refractivity contribution < 1.29 is 5.11 Å². The van der Waals surface area contributed by atoms with E-state index < -0.39 is 0 Å². The van der Waals surface area contributed by atoms with Crippen molar-refractivity contribution in [1.82, 2.24) is 5.32 Å². The second-order valence-corrected chi connectivity index (χ2v) is 4.05. The molecule has 1 aromatic heterocycles. The molecule has 3 heteroatoms. The summed E-state index contributed by atoms with van der Waals surface area (Å²) in [6.07, 6.45) is 1.67. The second-order valence-electron chi connectivity index (χ2n) is 3.07. The maximum Gasteiger partial charge on any atom is 0.0894 e. The highest BCUT2D eigenvalue weighted by molar-refractivity contribution is 7.10. The summed E-state index contributed by atoms with van der Waals surface area (Å²) in [6, 6.07) is 3.96. The largest absolute Gasteiger partial charge is 0.388 e. The molecule has 0 aliphatic heterocycles. The van der Waals surface area contributed by atoms with E-state index >= 15 is 0 Å². The van der Waals surface area contributed by atoms with Crippen molar-refractivity contribution in [3.05, 3.63) is 22.4 Å². The van der Waals surface area contributed by atoms with Crippen LogP contribution >= 0.6 is 11.3 Å². The lowest BCUT2D eigenvalue weighted by Crippen LogP contribution is -2.17. The molecule has 0 fully saturated rings. The molecular formula is C10H17NOS. The summed E-state index contributed by atoms with van der Waals surface area (Å²) in [5, 5.41) is 14.9. The SMILES string of the molecule is CCCNCC[C@H](O)c1cccs1. The molecule has 1 atom stereocenters. The van der Waals surface area contributed by atoms with Crippen molar-refractivity contribution in [2.45, 2.75) is 25.9 Å². The Balaban J connectivity index is 2.15. The van der Waals surface area contributed by atoms with Crippen molar-refractivity contribution in [2.75, 3.05) is 13.1 Å². The minimum Gasteiger partial charge on any atom is -0.388 e. The van der Waals surface area contributed by atoms with Gasteiger partial charge in [0.25, 0.3) is 0 Å². The van der Waals surface area contributed by atoms with Gasteiger partial charge < -0.3 is 10.4 Å². The van der Waals surface area contributed by atoms with Gasteiger partial charge in [0.05, 0.1) is 6.10 Å². The third kappa shape index (κ3) is 3.89. The smallest absolute Gasteiger partial charge is 0.0894 e. The zero-order chi connectivity index (χ0) is 9.52. The molecule has 1 rings (SSSR count). The molecule has 2 N–H and O–H groups in total. The minimum atomic E-state index is -0.288. The fourth-order valence-electron chi connectivity index (χ4n) is 1.16. The number of thiophene rings is 1. The maximum absolute atomic E-state index is 9.68. The van der Waals surface area contributed by atoms with Gasteiger partial charge in [-0.1, -0.05) is 13.0 Å². The summed E-state index contributed by atoms with van der Waals surface area (Å²) < 4.78 is 0. The van der Waals surface area contributed by atoms with E-state index in [9.17, 15) is 5.11 Å². The van der Waals surface area contributed by atoms with E-state index in [1.54, 1.807) is 11.3 Å². The number of rotatable bonds is 6. The monoisotopic (exact) mass is 199 g/mol. The van der Waals surface area contributed by atoms with E-state index in [0.717, 1.165) is 30.8 Å². The van der Waals surface area contributed by atoms with E-state index in [1.165, 1.54) is 0 Å². The molecule has 0 aliphatic carbocycles. The van der Waals surface area contributed by atoms with Crippen LogP contribution in [0.15, 0.2) is 17.5 Å². The molecule has 1 heterocycles. The molecule has 0 saturated carbocycles. The van der Waals surface area contributed by atoms with Gasteiger partial charge in [0.1, 0.15) is 0 Å². The van der Waals surface area contributed by atoms with Gasteiger partial charge in [-0.15, -0.1) is 11.3 Å². The van der Waals surface area contributed by atoms with Crippen LogP contribution < -0.4 is 5.32 Å². The van der Waals surface area contributed by atoms with Crippen LogP contribution in [-0.4, -0.2) is 18.2 Å². The lowest BCUT2D eigenvalue weighted by atomic mass is 10.2. The molecule has 74 valence electrons. The number of hydrogen-bond donors (Lipinski definition) is 2. The maximum atomic E-state index is 9.68. The lowest BCUT2D eigenvalue weighted by molar-refractivity contribution is 0.170. The molecule has 0 aromatic carbocycles. The van der Waals surface area contributed by atoms with Crippen molar-refractivity contribution >= 4 is 11.3 Å². The summed E-state index contributed by atoms with van der Waals surface area (Å²) >= 11 is 1.62. The molecule has 0 aliphatic rings. The fourth-order valence-corrected chi connectivity index (χ4v) is 1.91. The van der Waals surface area contributed by atoms with Crippen LogP contribution in [0.25, 0.3) is 0 Å². The number of aliphatic hydroxyl groups is 1. The molecule has 0 amide bonds. The molecule has 0 bridgehead atoms. The summed E-state index contributed by atoms with van der Waals surface area (Å²) in [4.78, 5) is 1.07. The molecule has 2 nitrogen and oxygen atoms in total. The summed E-state index contributed by atoms with van der Waals surface area (Å²) in [7, 11) is 0. The van der Waals surface area contributed by atoms with Crippen LogP contribution in [0.4, 0.5) is 0 Å². The Morgan fingerprint density at radius 3 is 3.00 bits per heavy atom. The van der Waals surface area contributed by atoms with E-state index in [-0.39, 0.29) is 6.10 Å². The van der Waals surface area contributed by atoms with Gasteiger partial charge in [-0.3, -0.25) is 0 Å². The first-order valence-electron chi connectivity index (χ1n) is 4.76. The van der Waals surface area contributed by atoms with Crippen LogP contribution in [0, 0.1) is 0 Å². The van der Waals surface area contributed by atoms with Crippen LogP contribution in [0.5, 0.6) is 0 Å². The van der Waals surface area contributed by atoms with Crippen LogP contribution in [-0.2, 0) is 0 Å². The Hall–Kier alpha value is -0.380. The van der Waals surface area contributed by atoms with Crippen molar-refractivity contribution in [3.8, 4) is 0 Å².